The average molecular weight is 347 g/mol. The second-order valence-electron chi connectivity index (χ2n) is 5.01. The minimum absolute atomic E-state index is 0.0647. The molecule has 6 heteroatoms. The molecule has 1 aromatic rings. The van der Waals surface area contributed by atoms with Gasteiger partial charge in [0.15, 0.2) is 0 Å². The summed E-state index contributed by atoms with van der Waals surface area (Å²) in [6.45, 7) is 2.85. The van der Waals surface area contributed by atoms with Gasteiger partial charge in [0.05, 0.1) is 11.4 Å². The molecule has 4 nitrogen and oxygen atoms in total. The van der Waals surface area contributed by atoms with Crippen molar-refractivity contribution in [3.05, 3.63) is 28.2 Å². The summed E-state index contributed by atoms with van der Waals surface area (Å²) in [6.07, 6.45) is 3.16. The van der Waals surface area contributed by atoms with Gasteiger partial charge in [-0.2, -0.15) is 0 Å². The summed E-state index contributed by atoms with van der Waals surface area (Å²) in [5.41, 5.74) is 1.63. The molecule has 1 aliphatic heterocycles. The zero-order valence-electron chi connectivity index (χ0n) is 10.9. The minimum atomic E-state index is -3.32. The minimum Gasteiger partial charge on any atom is -0.313 e. The van der Waals surface area contributed by atoms with Crippen molar-refractivity contribution >= 4 is 31.6 Å². The van der Waals surface area contributed by atoms with Gasteiger partial charge in [-0.05, 0) is 59.9 Å². The van der Waals surface area contributed by atoms with E-state index in [1.165, 1.54) is 0 Å². The maximum atomic E-state index is 12.2. The van der Waals surface area contributed by atoms with Crippen LogP contribution in [0.5, 0.6) is 0 Å². The van der Waals surface area contributed by atoms with Crippen LogP contribution >= 0.6 is 15.9 Å². The van der Waals surface area contributed by atoms with Gasteiger partial charge in [0.2, 0.25) is 10.0 Å². The van der Waals surface area contributed by atoms with Gasteiger partial charge in [-0.25, -0.2) is 8.42 Å². The average Bonchev–Trinajstić information content (AvgIpc) is 2.34. The van der Waals surface area contributed by atoms with Crippen molar-refractivity contribution in [3.8, 4) is 0 Å². The molecule has 0 aliphatic carbocycles. The summed E-state index contributed by atoms with van der Waals surface area (Å²) in [5.74, 6) is 0.132. The molecule has 19 heavy (non-hydrogen) atoms. The Hall–Kier alpha value is -0.590. The van der Waals surface area contributed by atoms with Gasteiger partial charge in [-0.1, -0.05) is 12.5 Å². The van der Waals surface area contributed by atoms with Crippen molar-refractivity contribution in [1.29, 1.82) is 0 Å². The predicted octanol–water partition coefficient (Wildman–Crippen LogP) is 2.64. The predicted molar refractivity (Wildman–Crippen MR) is 81.9 cm³/mol. The Morgan fingerprint density at radius 3 is 2.89 bits per heavy atom. The summed E-state index contributed by atoms with van der Waals surface area (Å²) in [5, 5.41) is 3.26. The van der Waals surface area contributed by atoms with Crippen LogP contribution in [0, 0.1) is 6.92 Å². The number of anilines is 1. The van der Waals surface area contributed by atoms with Crippen LogP contribution in [0.25, 0.3) is 0 Å². The van der Waals surface area contributed by atoms with Crippen LogP contribution < -0.4 is 10.0 Å². The number of hydrogen-bond donors (Lipinski definition) is 2. The summed E-state index contributed by atoms with van der Waals surface area (Å²) in [7, 11) is -3.32. The van der Waals surface area contributed by atoms with Gasteiger partial charge in [-0.3, -0.25) is 4.72 Å². The highest BCUT2D eigenvalue weighted by molar-refractivity contribution is 9.10. The molecule has 1 saturated heterocycles. The molecular formula is C13H19BrN2O2S. The van der Waals surface area contributed by atoms with E-state index in [9.17, 15) is 8.42 Å². The quantitative estimate of drug-likeness (QED) is 0.880. The number of rotatable bonds is 4. The van der Waals surface area contributed by atoms with E-state index in [0.717, 1.165) is 35.8 Å². The summed E-state index contributed by atoms with van der Waals surface area (Å²) in [6, 6.07) is 5.68. The van der Waals surface area contributed by atoms with E-state index in [1.807, 2.05) is 25.1 Å². The van der Waals surface area contributed by atoms with Crippen LogP contribution in [0.4, 0.5) is 5.69 Å². The smallest absolute Gasteiger partial charge is 0.234 e. The fourth-order valence-electron chi connectivity index (χ4n) is 2.26. The number of hydrogen-bond acceptors (Lipinski definition) is 3. The van der Waals surface area contributed by atoms with Crippen LogP contribution in [0.15, 0.2) is 22.7 Å². The second kappa shape index (κ2) is 6.24. The molecule has 0 bridgehead atoms. The first-order valence-electron chi connectivity index (χ1n) is 6.46. The molecule has 0 aromatic heterocycles. The van der Waals surface area contributed by atoms with E-state index in [4.69, 9.17) is 0 Å². The molecule has 2 N–H and O–H groups in total. The molecule has 106 valence electrons. The van der Waals surface area contributed by atoms with E-state index in [2.05, 4.69) is 26.0 Å². The Kier molecular flexibility index (Phi) is 4.86. The van der Waals surface area contributed by atoms with Crippen molar-refractivity contribution in [1.82, 2.24) is 5.32 Å². The Bertz CT molecular complexity index is 540. The Labute approximate surface area is 123 Å². The van der Waals surface area contributed by atoms with Crippen LogP contribution in [0.2, 0.25) is 0 Å². The molecular weight excluding hydrogens is 328 g/mol. The molecule has 0 spiro atoms. The second-order valence-corrected chi connectivity index (χ2v) is 7.63. The van der Waals surface area contributed by atoms with Gasteiger partial charge in [0.1, 0.15) is 0 Å². The third-order valence-electron chi connectivity index (χ3n) is 3.22. The first-order valence-corrected chi connectivity index (χ1v) is 8.91. The third-order valence-corrected chi connectivity index (χ3v) is 5.28. The highest BCUT2D eigenvalue weighted by Gasteiger charge is 2.21. The Balaban J connectivity index is 2.05. The van der Waals surface area contributed by atoms with Crippen molar-refractivity contribution in [2.75, 3.05) is 17.0 Å². The molecule has 2 rings (SSSR count). The zero-order valence-corrected chi connectivity index (χ0v) is 13.4. The zero-order chi connectivity index (χ0) is 13.9. The highest BCUT2D eigenvalue weighted by Crippen LogP contribution is 2.24. The highest BCUT2D eigenvalue weighted by atomic mass is 79.9. The molecule has 1 fully saturated rings. The molecule has 0 amide bonds. The standard InChI is InChI=1S/C13H19BrN2O2S/c1-10-5-6-12(14)13(8-10)16-19(17,18)9-11-4-2-3-7-15-11/h5-6,8,11,15-16H,2-4,7,9H2,1H3. The van der Waals surface area contributed by atoms with E-state index >= 15 is 0 Å². The number of piperidine rings is 1. The summed E-state index contributed by atoms with van der Waals surface area (Å²) in [4.78, 5) is 0. The van der Waals surface area contributed by atoms with Crippen LogP contribution in [0.3, 0.4) is 0 Å². The van der Waals surface area contributed by atoms with Gasteiger partial charge >= 0.3 is 0 Å². The lowest BCUT2D eigenvalue weighted by atomic mass is 10.1. The summed E-state index contributed by atoms with van der Waals surface area (Å²) < 4.78 is 27.7. The van der Waals surface area contributed by atoms with E-state index in [-0.39, 0.29) is 11.8 Å². The molecule has 1 atom stereocenters. The van der Waals surface area contributed by atoms with Gasteiger partial charge in [0.25, 0.3) is 0 Å². The van der Waals surface area contributed by atoms with Crippen molar-refractivity contribution < 1.29 is 8.42 Å². The topological polar surface area (TPSA) is 58.2 Å². The number of nitrogens with one attached hydrogen (secondary N) is 2. The maximum absolute atomic E-state index is 12.2. The molecule has 0 saturated carbocycles. The van der Waals surface area contributed by atoms with Crippen LogP contribution in [-0.2, 0) is 10.0 Å². The first-order chi connectivity index (χ1) is 8.96. The monoisotopic (exact) mass is 346 g/mol. The normalized spacial score (nSPS) is 20.2. The molecule has 1 aromatic carbocycles. The van der Waals surface area contributed by atoms with Gasteiger partial charge in [0, 0.05) is 10.5 Å². The first kappa shape index (κ1) is 14.8. The molecule has 0 radical (unpaired) electrons. The van der Waals surface area contributed by atoms with Gasteiger partial charge in [-0.15, -0.1) is 0 Å². The Morgan fingerprint density at radius 1 is 1.42 bits per heavy atom. The lowest BCUT2D eigenvalue weighted by Gasteiger charge is -2.23. The molecule has 1 heterocycles. The van der Waals surface area contributed by atoms with Crippen LogP contribution in [-0.4, -0.2) is 26.8 Å². The molecule has 1 aliphatic rings. The van der Waals surface area contributed by atoms with E-state index in [1.54, 1.807) is 0 Å². The number of halogens is 1. The fraction of sp³-hybridized carbons (Fsp3) is 0.538. The van der Waals surface area contributed by atoms with Crippen molar-refractivity contribution in [2.24, 2.45) is 0 Å². The number of benzene rings is 1. The van der Waals surface area contributed by atoms with Crippen LogP contribution in [0.1, 0.15) is 24.8 Å². The van der Waals surface area contributed by atoms with E-state index in [0.29, 0.717) is 5.69 Å². The van der Waals surface area contributed by atoms with Gasteiger partial charge < -0.3 is 5.32 Å². The Morgan fingerprint density at radius 2 is 2.21 bits per heavy atom. The lowest BCUT2D eigenvalue weighted by molar-refractivity contribution is 0.424. The fourth-order valence-corrected chi connectivity index (χ4v) is 4.14. The van der Waals surface area contributed by atoms with E-state index < -0.39 is 10.0 Å². The lowest BCUT2D eigenvalue weighted by Crippen LogP contribution is -2.40. The van der Waals surface area contributed by atoms with Crippen molar-refractivity contribution in [2.45, 2.75) is 32.2 Å². The number of aryl methyl sites for hydroxylation is 1. The maximum Gasteiger partial charge on any atom is 0.234 e. The SMILES string of the molecule is Cc1ccc(Br)c(NS(=O)(=O)CC2CCCCN2)c1. The largest absolute Gasteiger partial charge is 0.313 e. The van der Waals surface area contributed by atoms with Crippen molar-refractivity contribution in [3.63, 3.8) is 0 Å². The summed E-state index contributed by atoms with van der Waals surface area (Å²) >= 11 is 3.37. The third kappa shape index (κ3) is 4.47. The number of sulfonamides is 1. The molecule has 1 unspecified atom stereocenters.